The lowest BCUT2D eigenvalue weighted by Crippen LogP contribution is -2.30. The Balaban J connectivity index is 1.94. The molecule has 0 unspecified atom stereocenters. The summed E-state index contributed by atoms with van der Waals surface area (Å²) in [6, 6.07) is 12.6. The van der Waals surface area contributed by atoms with E-state index in [1.807, 2.05) is 18.4 Å². The number of hydrogen-bond donors (Lipinski definition) is 2. The Kier molecular flexibility index (Phi) is 5.69. The molecular weight excluding hydrogens is 384 g/mol. The number of aromatic nitrogens is 1. The van der Waals surface area contributed by atoms with E-state index in [4.69, 9.17) is 0 Å². The Hall–Kier alpha value is -2.55. The van der Waals surface area contributed by atoms with Gasteiger partial charge in [-0.15, -0.1) is 11.3 Å². The molecule has 1 heterocycles. The number of rotatable bonds is 7. The predicted octanol–water partition coefficient (Wildman–Crippen LogP) is 3.61. The number of carbonyl (C=O) groups is 1. The molecule has 0 bridgehead atoms. The van der Waals surface area contributed by atoms with Crippen LogP contribution in [-0.2, 0) is 14.8 Å². The maximum atomic E-state index is 12.7. The van der Waals surface area contributed by atoms with Gasteiger partial charge in [0.05, 0.1) is 17.4 Å². The second-order valence-electron chi connectivity index (χ2n) is 6.05. The summed E-state index contributed by atoms with van der Waals surface area (Å²) in [5, 5.41) is 11.9. The van der Waals surface area contributed by atoms with Crippen LogP contribution in [0.3, 0.4) is 0 Å². The first-order chi connectivity index (χ1) is 12.8. The quantitative estimate of drug-likeness (QED) is 0.629. The maximum Gasteiger partial charge on any atom is 0.305 e. The van der Waals surface area contributed by atoms with Crippen LogP contribution in [0.4, 0.5) is 0 Å². The molecule has 8 heteroatoms. The Bertz CT molecular complexity index is 1030. The molecule has 0 fully saturated rings. The van der Waals surface area contributed by atoms with Crippen LogP contribution in [0.2, 0.25) is 0 Å². The van der Waals surface area contributed by atoms with Crippen molar-refractivity contribution in [3.8, 4) is 10.6 Å². The van der Waals surface area contributed by atoms with Gasteiger partial charge in [-0.3, -0.25) is 4.79 Å². The molecule has 0 radical (unpaired) electrons. The molecule has 3 rings (SSSR count). The van der Waals surface area contributed by atoms with Crippen LogP contribution in [0.5, 0.6) is 0 Å². The van der Waals surface area contributed by atoms with Crippen LogP contribution >= 0.6 is 11.3 Å². The summed E-state index contributed by atoms with van der Waals surface area (Å²) >= 11 is 1.46. The third kappa shape index (κ3) is 4.79. The fraction of sp³-hybridized carbons (Fsp3) is 0.158. The normalized spacial score (nSPS) is 12.6. The molecule has 1 aromatic heterocycles. The van der Waals surface area contributed by atoms with Crippen LogP contribution < -0.4 is 4.72 Å². The van der Waals surface area contributed by atoms with E-state index in [9.17, 15) is 18.3 Å². The number of aryl methyl sites for hydroxylation is 1. The Morgan fingerprint density at radius 3 is 2.59 bits per heavy atom. The zero-order valence-electron chi connectivity index (χ0n) is 14.5. The molecule has 0 aliphatic heterocycles. The van der Waals surface area contributed by atoms with Crippen LogP contribution in [0, 0.1) is 6.92 Å². The van der Waals surface area contributed by atoms with Crippen molar-refractivity contribution in [1.82, 2.24) is 9.71 Å². The topological polar surface area (TPSA) is 96.4 Å². The minimum Gasteiger partial charge on any atom is -0.481 e. The number of nitrogens with one attached hydrogen (secondary N) is 1. The van der Waals surface area contributed by atoms with Crippen LogP contribution in [0.15, 0.2) is 65.0 Å². The summed E-state index contributed by atoms with van der Waals surface area (Å²) in [6.45, 7) is 1.86. The van der Waals surface area contributed by atoms with Crippen molar-refractivity contribution < 1.29 is 18.3 Å². The van der Waals surface area contributed by atoms with Gasteiger partial charge in [-0.05, 0) is 30.7 Å². The van der Waals surface area contributed by atoms with Gasteiger partial charge in [0.25, 0.3) is 0 Å². The van der Waals surface area contributed by atoms with Crippen molar-refractivity contribution in [3.63, 3.8) is 0 Å². The number of hydrogen-bond acceptors (Lipinski definition) is 5. The van der Waals surface area contributed by atoms with Crippen LogP contribution in [-0.4, -0.2) is 24.5 Å². The number of thiazole rings is 1. The maximum absolute atomic E-state index is 12.7. The minimum atomic E-state index is -3.86. The zero-order valence-corrected chi connectivity index (χ0v) is 16.1. The number of carboxylic acids is 1. The number of sulfonamides is 1. The molecule has 140 valence electrons. The number of aliphatic carboxylic acids is 1. The van der Waals surface area contributed by atoms with Crippen molar-refractivity contribution in [3.05, 3.63) is 71.2 Å². The summed E-state index contributed by atoms with van der Waals surface area (Å²) < 4.78 is 27.9. The summed E-state index contributed by atoms with van der Waals surface area (Å²) in [4.78, 5) is 15.7. The molecule has 0 aliphatic rings. The summed E-state index contributed by atoms with van der Waals surface area (Å²) in [6.07, 6.45) is 1.31. The van der Waals surface area contributed by atoms with Gasteiger partial charge in [0.1, 0.15) is 5.01 Å². The molecule has 3 aromatic rings. The SMILES string of the molecule is Cc1ccc(S(=O)(=O)N[C@H](CC(=O)O)c2cccc(-c3nccs3)c2)cc1. The standard InChI is InChI=1S/C19H18N2O4S2/c1-13-5-7-16(8-6-13)27(24,25)21-17(12-18(22)23)14-3-2-4-15(11-14)19-20-9-10-26-19/h2-11,17,21H,12H2,1H3,(H,22,23)/t17-/m1/s1. The molecule has 0 amide bonds. The van der Waals surface area contributed by atoms with Gasteiger partial charge >= 0.3 is 5.97 Å². The average molecular weight is 402 g/mol. The lowest BCUT2D eigenvalue weighted by atomic mass is 10.0. The van der Waals surface area contributed by atoms with Gasteiger partial charge < -0.3 is 5.11 Å². The minimum absolute atomic E-state index is 0.0968. The first-order valence-electron chi connectivity index (χ1n) is 8.16. The lowest BCUT2D eigenvalue weighted by Gasteiger charge is -2.18. The molecule has 1 atom stereocenters. The Morgan fingerprint density at radius 2 is 1.96 bits per heavy atom. The van der Waals surface area contributed by atoms with Crippen molar-refractivity contribution in [2.24, 2.45) is 0 Å². The van der Waals surface area contributed by atoms with Gasteiger partial charge in [-0.2, -0.15) is 0 Å². The van der Waals surface area contributed by atoms with E-state index in [1.54, 1.807) is 36.5 Å². The van der Waals surface area contributed by atoms with E-state index in [1.165, 1.54) is 23.5 Å². The largest absolute Gasteiger partial charge is 0.481 e. The van der Waals surface area contributed by atoms with Gasteiger partial charge in [-0.1, -0.05) is 35.9 Å². The van der Waals surface area contributed by atoms with Crippen molar-refractivity contribution in [2.75, 3.05) is 0 Å². The number of benzene rings is 2. The van der Waals surface area contributed by atoms with Gasteiger partial charge in [-0.25, -0.2) is 18.1 Å². The third-order valence-corrected chi connectivity index (χ3v) is 6.29. The Morgan fingerprint density at radius 1 is 1.22 bits per heavy atom. The fourth-order valence-electron chi connectivity index (χ4n) is 2.63. The highest BCUT2D eigenvalue weighted by molar-refractivity contribution is 7.89. The van der Waals surface area contributed by atoms with Crippen LogP contribution in [0.25, 0.3) is 10.6 Å². The number of nitrogens with zero attached hydrogens (tertiary/aromatic N) is 1. The van der Waals surface area contributed by atoms with E-state index >= 15 is 0 Å². The highest BCUT2D eigenvalue weighted by Gasteiger charge is 2.24. The number of carboxylic acid groups (broad SMARTS) is 1. The second-order valence-corrected chi connectivity index (χ2v) is 8.66. The second kappa shape index (κ2) is 7.99. The van der Waals surface area contributed by atoms with E-state index in [0.717, 1.165) is 16.1 Å². The molecular formula is C19H18N2O4S2. The van der Waals surface area contributed by atoms with E-state index < -0.39 is 22.0 Å². The molecule has 27 heavy (non-hydrogen) atoms. The van der Waals surface area contributed by atoms with E-state index in [0.29, 0.717) is 5.56 Å². The average Bonchev–Trinajstić information content (AvgIpc) is 3.16. The summed E-state index contributed by atoms with van der Waals surface area (Å²) in [5.41, 5.74) is 2.32. The van der Waals surface area contributed by atoms with Crippen molar-refractivity contribution >= 4 is 27.3 Å². The van der Waals surface area contributed by atoms with E-state index in [-0.39, 0.29) is 11.3 Å². The molecule has 0 aliphatic carbocycles. The summed E-state index contributed by atoms with van der Waals surface area (Å²) in [7, 11) is -3.86. The van der Waals surface area contributed by atoms with Crippen molar-refractivity contribution in [1.29, 1.82) is 0 Å². The van der Waals surface area contributed by atoms with Gasteiger partial charge in [0.15, 0.2) is 0 Å². The molecule has 6 nitrogen and oxygen atoms in total. The monoisotopic (exact) mass is 402 g/mol. The van der Waals surface area contributed by atoms with Crippen molar-refractivity contribution in [2.45, 2.75) is 24.3 Å². The van der Waals surface area contributed by atoms with Gasteiger partial charge in [0.2, 0.25) is 10.0 Å². The smallest absolute Gasteiger partial charge is 0.305 e. The zero-order chi connectivity index (χ0) is 19.4. The Labute approximate surface area is 161 Å². The van der Waals surface area contributed by atoms with E-state index in [2.05, 4.69) is 9.71 Å². The van der Waals surface area contributed by atoms with Gasteiger partial charge in [0, 0.05) is 17.1 Å². The molecule has 0 saturated heterocycles. The van der Waals surface area contributed by atoms with Crippen LogP contribution in [0.1, 0.15) is 23.6 Å². The first-order valence-corrected chi connectivity index (χ1v) is 10.5. The molecule has 0 spiro atoms. The molecule has 2 N–H and O–H groups in total. The highest BCUT2D eigenvalue weighted by Crippen LogP contribution is 2.27. The fourth-order valence-corrected chi connectivity index (χ4v) is 4.49. The highest BCUT2D eigenvalue weighted by atomic mass is 32.2. The predicted molar refractivity (Wildman–Crippen MR) is 104 cm³/mol. The lowest BCUT2D eigenvalue weighted by molar-refractivity contribution is -0.137. The first kappa shape index (κ1) is 19.2. The molecule has 2 aromatic carbocycles. The molecule has 0 saturated carbocycles. The third-order valence-electron chi connectivity index (χ3n) is 3.98. The summed E-state index contributed by atoms with van der Waals surface area (Å²) in [5.74, 6) is -1.09.